The highest BCUT2D eigenvalue weighted by molar-refractivity contribution is 6.04. The van der Waals surface area contributed by atoms with E-state index in [1.54, 1.807) is 68.7 Å². The van der Waals surface area contributed by atoms with Crippen LogP contribution in [0.3, 0.4) is 0 Å². The molecule has 0 radical (unpaired) electrons. The number of piperazine rings is 1. The molecular formula is C72H97FN10O11. The number of hydrogen-bond acceptors (Lipinski definition) is 13. The van der Waals surface area contributed by atoms with Crippen LogP contribution in [0.25, 0.3) is 0 Å². The van der Waals surface area contributed by atoms with Crippen LogP contribution in [0.1, 0.15) is 148 Å². The Bertz CT molecular complexity index is 3490. The summed E-state index contributed by atoms with van der Waals surface area (Å²) < 4.78 is 31.2. The van der Waals surface area contributed by atoms with Crippen LogP contribution in [-0.4, -0.2) is 186 Å². The van der Waals surface area contributed by atoms with Gasteiger partial charge in [-0.05, 0) is 170 Å². The van der Waals surface area contributed by atoms with Crippen molar-refractivity contribution in [3.8, 4) is 0 Å². The number of anilines is 2. The highest BCUT2D eigenvalue weighted by Gasteiger charge is 2.49. The number of fused-ring (bicyclic) bond motifs is 3. The van der Waals surface area contributed by atoms with E-state index in [1.165, 1.54) is 29.0 Å². The lowest BCUT2D eigenvalue weighted by Gasteiger charge is -2.47. The molecule has 2 fully saturated rings. The van der Waals surface area contributed by atoms with Gasteiger partial charge in [0, 0.05) is 82.2 Å². The van der Waals surface area contributed by atoms with Gasteiger partial charge in [-0.2, -0.15) is 0 Å². The van der Waals surface area contributed by atoms with Gasteiger partial charge in [0.25, 0.3) is 0 Å². The van der Waals surface area contributed by atoms with Crippen LogP contribution in [0.2, 0.25) is 0 Å². The van der Waals surface area contributed by atoms with Crippen LogP contribution in [0.15, 0.2) is 84.9 Å². The van der Waals surface area contributed by atoms with Gasteiger partial charge in [-0.1, -0.05) is 75.4 Å². The van der Waals surface area contributed by atoms with Crippen LogP contribution in [0, 0.1) is 11.2 Å². The Morgan fingerprint density at radius 3 is 2.19 bits per heavy atom. The first-order valence-electron chi connectivity index (χ1n) is 33.0. The number of benzene rings is 4. The summed E-state index contributed by atoms with van der Waals surface area (Å²) in [6, 6.07) is 21.3. The number of amides is 8. The molecule has 21 nitrogen and oxygen atoms in total. The number of carbonyl (C=O) groups is 8. The number of nitrogens with one attached hydrogen (secondary N) is 4. The molecule has 8 atom stereocenters. The summed E-state index contributed by atoms with van der Waals surface area (Å²) in [5.74, 6) is -3.11. The molecule has 508 valence electrons. The minimum absolute atomic E-state index is 0.0180. The van der Waals surface area contributed by atoms with Crippen molar-refractivity contribution in [3.05, 3.63) is 130 Å². The number of nitrogens with zero attached hydrogens (tertiary/aromatic N) is 6. The molecule has 8 amide bonds. The van der Waals surface area contributed by atoms with Crippen LogP contribution in [-0.2, 0) is 74.2 Å². The largest absolute Gasteiger partial charge is 0.444 e. The van der Waals surface area contributed by atoms with Crippen molar-refractivity contribution in [2.75, 3.05) is 76.3 Å². The van der Waals surface area contributed by atoms with Gasteiger partial charge in [0.1, 0.15) is 35.1 Å². The predicted octanol–water partition coefficient (Wildman–Crippen LogP) is 8.04. The van der Waals surface area contributed by atoms with Gasteiger partial charge in [0.2, 0.25) is 35.4 Å². The van der Waals surface area contributed by atoms with Gasteiger partial charge < -0.3 is 50.2 Å². The number of halogens is 1. The number of ether oxygens (including phenoxy) is 3. The minimum Gasteiger partial charge on any atom is -0.444 e. The van der Waals surface area contributed by atoms with Crippen LogP contribution in [0.4, 0.5) is 25.4 Å². The van der Waals surface area contributed by atoms with E-state index in [4.69, 9.17) is 14.2 Å². The molecule has 4 aromatic rings. The van der Waals surface area contributed by atoms with E-state index in [0.717, 1.165) is 40.7 Å². The fraction of sp³-hybridized carbons (Fsp3) is 0.556. The molecule has 0 bridgehead atoms. The van der Waals surface area contributed by atoms with E-state index < -0.39 is 82.5 Å². The summed E-state index contributed by atoms with van der Waals surface area (Å²) in [4.78, 5) is 126. The molecule has 0 saturated carbocycles. The second-order valence-electron chi connectivity index (χ2n) is 29.6. The Morgan fingerprint density at radius 2 is 1.50 bits per heavy atom. The van der Waals surface area contributed by atoms with Gasteiger partial charge in [0.05, 0.1) is 37.8 Å². The highest BCUT2D eigenvalue weighted by atomic mass is 19.1. The van der Waals surface area contributed by atoms with Crippen LogP contribution < -0.4 is 26.2 Å². The first kappa shape index (κ1) is 70.4. The second-order valence-corrected chi connectivity index (χ2v) is 29.6. The third-order valence-electron chi connectivity index (χ3n) is 18.8. The number of carbonyl (C=O) groups excluding carboxylic acids is 8. The van der Waals surface area contributed by atoms with Crippen molar-refractivity contribution >= 4 is 59.0 Å². The molecule has 5 aliphatic rings. The fourth-order valence-electron chi connectivity index (χ4n) is 13.3. The van der Waals surface area contributed by atoms with Crippen molar-refractivity contribution in [2.24, 2.45) is 5.41 Å². The van der Waals surface area contributed by atoms with E-state index in [-0.39, 0.29) is 67.9 Å². The average Bonchev–Trinajstić information content (AvgIpc) is 1.50. The lowest BCUT2D eigenvalue weighted by atomic mass is 9.83. The van der Waals surface area contributed by atoms with Crippen molar-refractivity contribution in [1.29, 1.82) is 0 Å². The van der Waals surface area contributed by atoms with Gasteiger partial charge in [-0.15, -0.1) is 0 Å². The molecule has 0 aromatic heterocycles. The third-order valence-corrected chi connectivity index (χ3v) is 18.8. The fourth-order valence-corrected chi connectivity index (χ4v) is 13.3. The van der Waals surface area contributed by atoms with E-state index in [2.05, 4.69) is 44.1 Å². The van der Waals surface area contributed by atoms with Gasteiger partial charge >= 0.3 is 12.2 Å². The van der Waals surface area contributed by atoms with Crippen molar-refractivity contribution in [1.82, 2.24) is 40.4 Å². The first-order chi connectivity index (χ1) is 44.2. The maximum atomic E-state index is 15.3. The van der Waals surface area contributed by atoms with E-state index in [0.29, 0.717) is 74.7 Å². The topological polar surface area (TPSA) is 232 Å². The maximum absolute atomic E-state index is 15.3. The summed E-state index contributed by atoms with van der Waals surface area (Å²) >= 11 is 0. The second kappa shape index (κ2) is 28.6. The van der Waals surface area contributed by atoms with E-state index in [1.807, 2.05) is 90.9 Å². The molecule has 4 aliphatic heterocycles. The molecule has 9 rings (SSSR count). The molecule has 2 unspecified atom stereocenters. The van der Waals surface area contributed by atoms with Gasteiger partial charge in [-0.3, -0.25) is 43.5 Å². The van der Waals surface area contributed by atoms with Gasteiger partial charge in [-0.25, -0.2) is 14.0 Å². The lowest BCUT2D eigenvalue weighted by Crippen LogP contribution is -2.64. The Balaban J connectivity index is 0.933. The number of rotatable bonds is 16. The molecule has 0 spiro atoms. The maximum Gasteiger partial charge on any atom is 0.410 e. The SMILES string of the molecule is CC1CN(CC(=O)N2C[C@](C)(C(=O)NCC(=O)Nc3ccc4c(c3)CN(C(=O)[C@@H](NC(=O)[C@H](C)N(C)C(=O)OC(C)(C)C)C(C)(C)C)[C@H](C(=O)N[C@@H]3CCCc5ccccc53)C4)c3ccc(Cc4ccc(F)cc4)cc32)C(CN2CCOC[C@H]2C)CN1C(=O)OC(C)(C)C. The zero-order valence-corrected chi connectivity index (χ0v) is 57.3. The molecular weight excluding hydrogens is 1200 g/mol. The summed E-state index contributed by atoms with van der Waals surface area (Å²) in [6.07, 6.45) is 1.90. The lowest BCUT2D eigenvalue weighted by molar-refractivity contribution is -0.147. The molecule has 22 heteroatoms. The Hall–Kier alpha value is -7.95. The van der Waals surface area contributed by atoms with Crippen molar-refractivity contribution < 1.29 is 57.0 Å². The Morgan fingerprint density at radius 1 is 0.798 bits per heavy atom. The standard InChI is InChI=1S/C72H97FN10O11/c1-44-37-80(54(39-79-30-31-92-42-45(79)2)40-81(44)68(91)94-71(10,11)12)41-61(85)83-43-72(13,56-29-24-48(33-58(56)83)32-47-22-26-52(73)27-23-47)66(89)74-36-60(84)75-53-28-25-50-35-59(64(87)76-57-21-17-19-49-18-15-16-20-55(49)57)82(38-51(50)34-53)65(88)62(69(4,5)6)77-63(86)46(3)78(14)67(90)93-70(7,8)9/h15-16,18,20,22-29,33-34,44-46,54,57,59,62H,17,19,21,30-32,35-43H2,1-14H3,(H,74,89)(H,75,84)(H,76,87)(H,77,86)/t44?,45-,46+,54?,57-,59+,62-,72+/m1/s1. The highest BCUT2D eigenvalue weighted by Crippen LogP contribution is 2.43. The molecule has 1 aliphatic carbocycles. The number of likely N-dealkylation sites (N-methyl/N-ethyl adjacent to an activating group) is 1. The molecule has 4 heterocycles. The van der Waals surface area contributed by atoms with Crippen LogP contribution in [0.5, 0.6) is 0 Å². The quantitative estimate of drug-likeness (QED) is 0.0833. The minimum atomic E-state index is -1.33. The number of morpholine rings is 1. The molecule has 2 saturated heterocycles. The smallest absolute Gasteiger partial charge is 0.410 e. The Kier molecular flexibility index (Phi) is 21.4. The van der Waals surface area contributed by atoms with Crippen molar-refractivity contribution in [2.45, 2.75) is 188 Å². The number of aryl methyl sites for hydroxylation is 1. The molecule has 94 heavy (non-hydrogen) atoms. The molecule has 4 aromatic carbocycles. The molecule has 4 N–H and O–H groups in total. The van der Waals surface area contributed by atoms with Crippen LogP contribution >= 0.6 is 0 Å². The summed E-state index contributed by atoms with van der Waals surface area (Å²) in [5, 5.41) is 12.0. The van der Waals surface area contributed by atoms with Crippen molar-refractivity contribution in [3.63, 3.8) is 0 Å². The van der Waals surface area contributed by atoms with E-state index >= 15 is 9.59 Å². The van der Waals surface area contributed by atoms with E-state index in [9.17, 15) is 33.2 Å². The first-order valence-corrected chi connectivity index (χ1v) is 33.0. The third kappa shape index (κ3) is 16.7. The Labute approximate surface area is 553 Å². The summed E-state index contributed by atoms with van der Waals surface area (Å²) in [5.41, 5.74) is 3.07. The zero-order valence-electron chi connectivity index (χ0n) is 57.3. The monoisotopic (exact) mass is 1300 g/mol. The zero-order chi connectivity index (χ0) is 68.4. The predicted molar refractivity (Wildman–Crippen MR) is 356 cm³/mol. The normalized spacial score (nSPS) is 22.3. The summed E-state index contributed by atoms with van der Waals surface area (Å²) in [7, 11) is 1.45. The summed E-state index contributed by atoms with van der Waals surface area (Å²) in [6.45, 7) is 26.0. The van der Waals surface area contributed by atoms with Gasteiger partial charge in [0.15, 0.2) is 0 Å². The number of hydrogen-bond donors (Lipinski definition) is 4. The average molecular weight is 1300 g/mol.